The molecule has 3 N–H and O–H groups in total. The van der Waals surface area contributed by atoms with Gasteiger partial charge in [0.2, 0.25) is 5.88 Å². The van der Waals surface area contributed by atoms with Crippen molar-refractivity contribution in [3.63, 3.8) is 0 Å². The number of ether oxygens (including phenoxy) is 2. The third-order valence-corrected chi connectivity index (χ3v) is 5.80. The predicted molar refractivity (Wildman–Crippen MR) is 128 cm³/mol. The first kappa shape index (κ1) is 23.7. The highest BCUT2D eigenvalue weighted by molar-refractivity contribution is 6.05. The van der Waals surface area contributed by atoms with Crippen molar-refractivity contribution in [3.05, 3.63) is 41.7 Å². The van der Waals surface area contributed by atoms with Crippen LogP contribution < -0.4 is 15.4 Å². The highest BCUT2D eigenvalue weighted by Crippen LogP contribution is 2.29. The molecule has 2 aromatic heterocycles. The van der Waals surface area contributed by atoms with Gasteiger partial charge in [0.25, 0.3) is 11.8 Å². The summed E-state index contributed by atoms with van der Waals surface area (Å²) in [6, 6.07) is 7.31. The Kier molecular flexibility index (Phi) is 6.54. The van der Waals surface area contributed by atoms with Gasteiger partial charge in [-0.3, -0.25) is 19.6 Å². The topological polar surface area (TPSA) is 121 Å². The van der Waals surface area contributed by atoms with E-state index in [0.29, 0.717) is 35.4 Å². The zero-order valence-corrected chi connectivity index (χ0v) is 20.1. The third-order valence-electron chi connectivity index (χ3n) is 5.80. The first-order chi connectivity index (χ1) is 16.2. The summed E-state index contributed by atoms with van der Waals surface area (Å²) in [5.41, 5.74) is 2.87. The number of fused-ring (bicyclic) bond motifs is 1. The monoisotopic (exact) mass is 466 g/mol. The molecule has 1 atom stereocenters. The molecule has 0 bridgehead atoms. The number of H-pyrrole nitrogens is 1. The van der Waals surface area contributed by atoms with Crippen LogP contribution in [0.15, 0.2) is 30.5 Å². The quantitative estimate of drug-likeness (QED) is 0.510. The van der Waals surface area contributed by atoms with Gasteiger partial charge in [0.15, 0.2) is 5.69 Å². The molecular weight excluding hydrogens is 436 g/mol. The Morgan fingerprint density at radius 1 is 1.24 bits per heavy atom. The van der Waals surface area contributed by atoms with Gasteiger partial charge in [-0.25, -0.2) is 4.98 Å². The van der Waals surface area contributed by atoms with E-state index in [-0.39, 0.29) is 29.3 Å². The maximum Gasteiger partial charge on any atom is 0.272 e. The molecule has 1 aliphatic rings. The van der Waals surface area contributed by atoms with Crippen molar-refractivity contribution in [3.8, 4) is 17.0 Å². The molecule has 1 unspecified atom stereocenters. The van der Waals surface area contributed by atoms with Crippen molar-refractivity contribution in [1.82, 2.24) is 30.7 Å². The summed E-state index contributed by atoms with van der Waals surface area (Å²) < 4.78 is 11.2. The molecule has 3 aromatic rings. The van der Waals surface area contributed by atoms with Gasteiger partial charge in [0.1, 0.15) is 11.8 Å². The predicted octanol–water partition coefficient (Wildman–Crippen LogP) is 2.38. The van der Waals surface area contributed by atoms with E-state index in [1.165, 1.54) is 7.11 Å². The van der Waals surface area contributed by atoms with Crippen molar-refractivity contribution < 1.29 is 19.1 Å². The van der Waals surface area contributed by atoms with Crippen molar-refractivity contribution in [2.45, 2.75) is 27.0 Å². The van der Waals surface area contributed by atoms with Crippen molar-refractivity contribution in [1.29, 1.82) is 0 Å². The highest BCUT2D eigenvalue weighted by Gasteiger charge is 2.35. The summed E-state index contributed by atoms with van der Waals surface area (Å²) in [5.74, 6) is -0.299. The van der Waals surface area contributed by atoms with Gasteiger partial charge in [0, 0.05) is 36.2 Å². The maximum atomic E-state index is 13.1. The summed E-state index contributed by atoms with van der Waals surface area (Å²) in [6.07, 6.45) is 1.58. The van der Waals surface area contributed by atoms with Crippen molar-refractivity contribution >= 4 is 22.7 Å². The third kappa shape index (κ3) is 4.59. The molecule has 0 spiro atoms. The molecule has 0 saturated carbocycles. The molecule has 0 aliphatic carbocycles. The Hall–Kier alpha value is -3.50. The Balaban J connectivity index is 1.57. The number of amides is 2. The van der Waals surface area contributed by atoms with E-state index in [1.807, 2.05) is 18.2 Å². The highest BCUT2D eigenvalue weighted by atomic mass is 16.5. The number of nitrogens with zero attached hydrogens (tertiary/aromatic N) is 3. The van der Waals surface area contributed by atoms with Crippen molar-refractivity contribution in [2.24, 2.45) is 5.41 Å². The molecule has 1 aromatic carbocycles. The maximum absolute atomic E-state index is 13.1. The molecule has 10 heteroatoms. The average molecular weight is 467 g/mol. The molecular formula is C24H30N6O4. The Labute approximate surface area is 198 Å². The lowest BCUT2D eigenvalue weighted by atomic mass is 9.94. The van der Waals surface area contributed by atoms with Gasteiger partial charge in [-0.1, -0.05) is 26.8 Å². The first-order valence-electron chi connectivity index (χ1n) is 11.1. The van der Waals surface area contributed by atoms with E-state index in [9.17, 15) is 9.59 Å². The number of benzene rings is 1. The Morgan fingerprint density at radius 2 is 2.03 bits per heavy atom. The average Bonchev–Trinajstić information content (AvgIpc) is 3.48. The number of pyridine rings is 1. The fourth-order valence-corrected chi connectivity index (χ4v) is 4.16. The van der Waals surface area contributed by atoms with Crippen LogP contribution in [0.2, 0.25) is 0 Å². The van der Waals surface area contributed by atoms with Crippen LogP contribution in [0.4, 0.5) is 0 Å². The van der Waals surface area contributed by atoms with Crippen LogP contribution in [0.5, 0.6) is 5.88 Å². The standard InChI is InChI=1S/C24H30N6O4/c1-24(2,3)23-30(8-9-34-23)13-27-20(31)17-10-15(12-26-22(17)33-5)14-6-7-16-18(11-14)28-29-19(16)21(32)25-4/h6-7,10-12,23H,8-9,13H2,1-5H3,(H,25,32)(H,27,31)(H,28,29). The molecule has 10 nitrogen and oxygen atoms in total. The molecule has 2 amide bonds. The van der Waals surface area contributed by atoms with Gasteiger partial charge in [-0.05, 0) is 23.8 Å². The largest absolute Gasteiger partial charge is 0.480 e. The number of rotatable bonds is 6. The number of nitrogens with one attached hydrogen (secondary N) is 3. The van der Waals surface area contributed by atoms with Gasteiger partial charge in [-0.2, -0.15) is 5.10 Å². The summed E-state index contributed by atoms with van der Waals surface area (Å²) >= 11 is 0. The molecule has 4 rings (SSSR count). The van der Waals surface area contributed by atoms with E-state index < -0.39 is 0 Å². The second-order valence-electron chi connectivity index (χ2n) is 9.26. The summed E-state index contributed by atoms with van der Waals surface area (Å²) in [6.45, 7) is 8.08. The van der Waals surface area contributed by atoms with Gasteiger partial charge >= 0.3 is 0 Å². The summed E-state index contributed by atoms with van der Waals surface area (Å²) in [5, 5.41) is 13.3. The van der Waals surface area contributed by atoms with E-state index in [1.54, 1.807) is 19.3 Å². The van der Waals surface area contributed by atoms with Crippen LogP contribution in [0.3, 0.4) is 0 Å². The molecule has 1 saturated heterocycles. The normalized spacial score (nSPS) is 16.6. The fraction of sp³-hybridized carbons (Fsp3) is 0.417. The molecule has 0 radical (unpaired) electrons. The number of hydrogen-bond acceptors (Lipinski definition) is 7. The van der Waals surface area contributed by atoms with Crippen LogP contribution in [-0.4, -0.2) is 72.1 Å². The molecule has 1 fully saturated rings. The van der Waals surface area contributed by atoms with Crippen LogP contribution in [0, 0.1) is 5.41 Å². The Morgan fingerprint density at radius 3 is 2.74 bits per heavy atom. The molecule has 3 heterocycles. The minimum Gasteiger partial charge on any atom is -0.480 e. The van der Waals surface area contributed by atoms with Gasteiger partial charge in [-0.15, -0.1) is 0 Å². The lowest BCUT2D eigenvalue weighted by molar-refractivity contribution is -0.0473. The zero-order chi connectivity index (χ0) is 24.5. The number of carbonyl (C=O) groups is 2. The number of aromatic amines is 1. The molecule has 1 aliphatic heterocycles. The lowest BCUT2D eigenvalue weighted by Gasteiger charge is -2.33. The Bertz CT molecular complexity index is 1220. The zero-order valence-electron chi connectivity index (χ0n) is 20.1. The van der Waals surface area contributed by atoms with Crippen LogP contribution in [-0.2, 0) is 4.74 Å². The minimum atomic E-state index is -0.282. The summed E-state index contributed by atoms with van der Waals surface area (Å²) in [7, 11) is 3.05. The summed E-state index contributed by atoms with van der Waals surface area (Å²) in [4.78, 5) is 31.5. The number of aromatic nitrogens is 3. The van der Waals surface area contributed by atoms with E-state index in [0.717, 1.165) is 17.7 Å². The van der Waals surface area contributed by atoms with E-state index in [4.69, 9.17) is 9.47 Å². The second kappa shape index (κ2) is 9.40. The van der Waals surface area contributed by atoms with Crippen LogP contribution in [0.1, 0.15) is 41.6 Å². The van der Waals surface area contributed by atoms with Crippen LogP contribution in [0.25, 0.3) is 22.0 Å². The van der Waals surface area contributed by atoms with E-state index in [2.05, 4.69) is 51.5 Å². The van der Waals surface area contributed by atoms with E-state index >= 15 is 0 Å². The van der Waals surface area contributed by atoms with Crippen molar-refractivity contribution in [2.75, 3.05) is 34.0 Å². The van der Waals surface area contributed by atoms with Crippen LogP contribution >= 0.6 is 0 Å². The fourth-order valence-electron chi connectivity index (χ4n) is 4.16. The number of hydrogen-bond donors (Lipinski definition) is 3. The van der Waals surface area contributed by atoms with Gasteiger partial charge < -0.3 is 20.1 Å². The SMILES string of the molecule is CNC(=O)c1n[nH]c2cc(-c3cnc(OC)c(C(=O)NCN4CCOC4C(C)(C)C)c3)ccc12. The number of carbonyl (C=O) groups excluding carboxylic acids is 2. The minimum absolute atomic E-state index is 0.0661. The molecule has 34 heavy (non-hydrogen) atoms. The number of methoxy groups -OCH3 is 1. The lowest BCUT2D eigenvalue weighted by Crippen LogP contribution is -2.46. The first-order valence-corrected chi connectivity index (χ1v) is 11.1. The smallest absolute Gasteiger partial charge is 0.272 e. The van der Waals surface area contributed by atoms with Gasteiger partial charge in [0.05, 0.1) is 25.9 Å². The molecule has 180 valence electrons. The second-order valence-corrected chi connectivity index (χ2v) is 9.26.